The first-order valence-electron chi connectivity index (χ1n) is 14.6. The van der Waals surface area contributed by atoms with Crippen LogP contribution in [0.5, 0.6) is 5.75 Å². The standard InChI is InChI=1S/C34H41N3O3/c1-24-19-30(15-18-33(24)40-3)28-11-9-26(10-12-28)23-37(34(39)29-13-16-32(38)17-14-29)31-6-4-5-25(20-31)7-8-27-21-35-36(2)22-27/h4-6,15,18-22,26,28-29,32,38H,9-14,16-17,23H2,1-3H3/t26-,28-,29-,32-. The summed E-state index contributed by atoms with van der Waals surface area (Å²) in [5, 5.41) is 14.2. The van der Waals surface area contributed by atoms with E-state index in [4.69, 9.17) is 4.74 Å². The van der Waals surface area contributed by atoms with Crippen LogP contribution >= 0.6 is 0 Å². The van der Waals surface area contributed by atoms with Crippen LogP contribution in [-0.4, -0.2) is 40.6 Å². The first-order valence-corrected chi connectivity index (χ1v) is 14.6. The molecule has 1 amide bonds. The molecule has 0 bridgehead atoms. The number of aliphatic hydroxyl groups excluding tert-OH is 1. The monoisotopic (exact) mass is 539 g/mol. The Hall–Kier alpha value is -3.56. The zero-order chi connectivity index (χ0) is 28.1. The number of ether oxygens (including phenoxy) is 1. The normalized spacial score (nSPS) is 22.7. The van der Waals surface area contributed by atoms with Gasteiger partial charge in [-0.05, 0) is 106 Å². The Bertz CT molecular complexity index is 1370. The highest BCUT2D eigenvalue weighted by Gasteiger charge is 2.32. The van der Waals surface area contributed by atoms with Gasteiger partial charge in [0.15, 0.2) is 0 Å². The summed E-state index contributed by atoms with van der Waals surface area (Å²) in [6.07, 6.45) is 10.7. The molecule has 2 aliphatic rings. The van der Waals surface area contributed by atoms with Crippen molar-refractivity contribution in [2.75, 3.05) is 18.6 Å². The molecular formula is C34H41N3O3. The van der Waals surface area contributed by atoms with Crippen molar-refractivity contribution in [2.45, 2.75) is 70.3 Å². The molecule has 6 heteroatoms. The van der Waals surface area contributed by atoms with Crippen molar-refractivity contribution in [2.24, 2.45) is 18.9 Å². The summed E-state index contributed by atoms with van der Waals surface area (Å²) >= 11 is 0. The molecule has 210 valence electrons. The van der Waals surface area contributed by atoms with E-state index in [1.54, 1.807) is 18.0 Å². The number of aromatic nitrogens is 2. The molecule has 2 saturated carbocycles. The molecule has 1 aromatic heterocycles. The van der Waals surface area contributed by atoms with Gasteiger partial charge in [-0.3, -0.25) is 9.48 Å². The Kier molecular flexibility index (Phi) is 8.91. The Morgan fingerprint density at radius 3 is 2.45 bits per heavy atom. The van der Waals surface area contributed by atoms with Gasteiger partial charge in [0.1, 0.15) is 5.75 Å². The summed E-state index contributed by atoms with van der Waals surface area (Å²) in [5.74, 6) is 8.54. The van der Waals surface area contributed by atoms with E-state index in [2.05, 4.69) is 42.1 Å². The van der Waals surface area contributed by atoms with Crippen LogP contribution in [0.15, 0.2) is 54.9 Å². The average Bonchev–Trinajstić information content (AvgIpc) is 3.40. The maximum atomic E-state index is 13.9. The van der Waals surface area contributed by atoms with Crippen molar-refractivity contribution in [3.05, 3.63) is 77.1 Å². The minimum Gasteiger partial charge on any atom is -0.496 e. The second-order valence-electron chi connectivity index (χ2n) is 11.6. The van der Waals surface area contributed by atoms with Gasteiger partial charge in [0.2, 0.25) is 5.91 Å². The molecular weight excluding hydrogens is 498 g/mol. The number of hydrogen-bond donors (Lipinski definition) is 1. The van der Waals surface area contributed by atoms with E-state index in [1.807, 2.05) is 42.4 Å². The third kappa shape index (κ3) is 6.77. The summed E-state index contributed by atoms with van der Waals surface area (Å²) in [6, 6.07) is 14.6. The van der Waals surface area contributed by atoms with Gasteiger partial charge in [0.25, 0.3) is 0 Å². The fraction of sp³-hybridized carbons (Fsp3) is 0.471. The molecule has 2 aliphatic carbocycles. The number of carbonyl (C=O) groups excluding carboxylic acids is 1. The summed E-state index contributed by atoms with van der Waals surface area (Å²) in [4.78, 5) is 16.0. The fourth-order valence-corrected chi connectivity index (χ4v) is 6.34. The van der Waals surface area contributed by atoms with Crippen LogP contribution in [0.2, 0.25) is 0 Å². The molecule has 2 aromatic carbocycles. The Balaban J connectivity index is 1.32. The molecule has 6 nitrogen and oxygen atoms in total. The number of carbonyl (C=O) groups is 1. The first kappa shape index (κ1) is 28.0. The lowest BCUT2D eigenvalue weighted by Gasteiger charge is -2.36. The molecule has 0 aliphatic heterocycles. The minimum atomic E-state index is -0.277. The quantitative estimate of drug-likeness (QED) is 0.391. The Labute approximate surface area is 238 Å². The predicted octanol–water partition coefficient (Wildman–Crippen LogP) is 6.00. The molecule has 40 heavy (non-hydrogen) atoms. The van der Waals surface area contributed by atoms with Gasteiger partial charge >= 0.3 is 0 Å². The fourth-order valence-electron chi connectivity index (χ4n) is 6.34. The van der Waals surface area contributed by atoms with Gasteiger partial charge in [-0.2, -0.15) is 5.10 Å². The maximum absolute atomic E-state index is 13.9. The molecule has 3 aromatic rings. The van der Waals surface area contributed by atoms with E-state index in [0.29, 0.717) is 24.7 Å². The summed E-state index contributed by atoms with van der Waals surface area (Å²) < 4.78 is 7.19. The van der Waals surface area contributed by atoms with Crippen LogP contribution in [0.25, 0.3) is 0 Å². The van der Waals surface area contributed by atoms with Crippen LogP contribution in [0.1, 0.15) is 79.5 Å². The number of aryl methyl sites for hydroxylation is 2. The van der Waals surface area contributed by atoms with Crippen LogP contribution in [-0.2, 0) is 11.8 Å². The molecule has 1 heterocycles. The van der Waals surface area contributed by atoms with Gasteiger partial charge < -0.3 is 14.7 Å². The zero-order valence-electron chi connectivity index (χ0n) is 24.0. The molecule has 0 saturated heterocycles. The lowest BCUT2D eigenvalue weighted by molar-refractivity contribution is -0.124. The number of amides is 1. The van der Waals surface area contributed by atoms with E-state index >= 15 is 0 Å². The van der Waals surface area contributed by atoms with Gasteiger partial charge in [-0.25, -0.2) is 0 Å². The number of hydrogen-bond acceptors (Lipinski definition) is 4. The van der Waals surface area contributed by atoms with Crippen LogP contribution in [0, 0.1) is 30.6 Å². The number of anilines is 1. The lowest BCUT2D eigenvalue weighted by atomic mass is 9.78. The SMILES string of the molecule is COc1ccc([C@H]2CC[C@H](CN(c3cccc(C#Cc4cnn(C)c4)c3)C(=O)[C@H]3CC[C@H](O)CC3)CC2)cc1C. The zero-order valence-corrected chi connectivity index (χ0v) is 24.0. The molecule has 2 fully saturated rings. The second-order valence-corrected chi connectivity index (χ2v) is 11.6. The Morgan fingerprint density at radius 2 is 1.77 bits per heavy atom. The van der Waals surface area contributed by atoms with E-state index in [0.717, 1.165) is 67.6 Å². The topological polar surface area (TPSA) is 67.6 Å². The number of nitrogens with zero attached hydrogens (tertiary/aromatic N) is 3. The largest absolute Gasteiger partial charge is 0.496 e. The molecule has 0 radical (unpaired) electrons. The molecule has 0 spiro atoms. The Morgan fingerprint density at radius 1 is 1.02 bits per heavy atom. The van der Waals surface area contributed by atoms with E-state index in [1.165, 1.54) is 11.1 Å². The highest BCUT2D eigenvalue weighted by molar-refractivity contribution is 5.95. The number of benzene rings is 2. The van der Waals surface area contributed by atoms with Crippen LogP contribution in [0.3, 0.4) is 0 Å². The van der Waals surface area contributed by atoms with Gasteiger partial charge in [0, 0.05) is 37.0 Å². The molecule has 0 atom stereocenters. The summed E-state index contributed by atoms with van der Waals surface area (Å²) in [7, 11) is 3.60. The van der Waals surface area contributed by atoms with Gasteiger partial charge in [0.05, 0.1) is 25.0 Å². The van der Waals surface area contributed by atoms with E-state index in [-0.39, 0.29) is 17.9 Å². The van der Waals surface area contributed by atoms with Gasteiger partial charge in [-0.15, -0.1) is 0 Å². The number of aliphatic hydroxyl groups is 1. The molecule has 1 N–H and O–H groups in total. The van der Waals surface area contributed by atoms with E-state index in [9.17, 15) is 9.90 Å². The lowest BCUT2D eigenvalue weighted by Crippen LogP contribution is -2.41. The van der Waals surface area contributed by atoms with Crippen molar-refractivity contribution in [1.82, 2.24) is 9.78 Å². The third-order valence-corrected chi connectivity index (χ3v) is 8.70. The van der Waals surface area contributed by atoms with Crippen molar-refractivity contribution in [3.8, 4) is 17.6 Å². The minimum absolute atomic E-state index is 0.0350. The average molecular weight is 540 g/mol. The number of rotatable bonds is 6. The number of methoxy groups -OCH3 is 1. The van der Waals surface area contributed by atoms with Crippen molar-refractivity contribution in [3.63, 3.8) is 0 Å². The van der Waals surface area contributed by atoms with Crippen molar-refractivity contribution >= 4 is 11.6 Å². The van der Waals surface area contributed by atoms with E-state index < -0.39 is 0 Å². The smallest absolute Gasteiger partial charge is 0.230 e. The highest BCUT2D eigenvalue weighted by Crippen LogP contribution is 2.38. The second kappa shape index (κ2) is 12.7. The highest BCUT2D eigenvalue weighted by atomic mass is 16.5. The van der Waals surface area contributed by atoms with Gasteiger partial charge in [-0.1, -0.05) is 30.0 Å². The summed E-state index contributed by atoms with van der Waals surface area (Å²) in [5.41, 5.74) is 5.25. The van der Waals surface area contributed by atoms with Crippen molar-refractivity contribution in [1.29, 1.82) is 0 Å². The predicted molar refractivity (Wildman–Crippen MR) is 158 cm³/mol. The maximum Gasteiger partial charge on any atom is 0.230 e. The van der Waals surface area contributed by atoms with Crippen LogP contribution in [0.4, 0.5) is 5.69 Å². The van der Waals surface area contributed by atoms with Crippen LogP contribution < -0.4 is 9.64 Å². The third-order valence-electron chi connectivity index (χ3n) is 8.70. The molecule has 0 unspecified atom stereocenters. The van der Waals surface area contributed by atoms with Crippen molar-refractivity contribution < 1.29 is 14.6 Å². The summed E-state index contributed by atoms with van der Waals surface area (Å²) in [6.45, 7) is 2.84. The first-order chi connectivity index (χ1) is 19.4. The molecule has 5 rings (SSSR count).